The van der Waals surface area contributed by atoms with Crippen molar-refractivity contribution in [3.8, 4) is 34.3 Å². The number of unbranched alkanes of at least 4 members (excludes halogenated alkanes) is 2. The van der Waals surface area contributed by atoms with Gasteiger partial charge in [-0.05, 0) is 54.5 Å². The molecule has 0 radical (unpaired) electrons. The summed E-state index contributed by atoms with van der Waals surface area (Å²) >= 11 is 0. The van der Waals surface area contributed by atoms with Crippen LogP contribution in [0.3, 0.4) is 0 Å². The van der Waals surface area contributed by atoms with Crippen LogP contribution >= 0.6 is 0 Å². The van der Waals surface area contributed by atoms with Gasteiger partial charge in [0.15, 0.2) is 35.7 Å². The van der Waals surface area contributed by atoms with Crippen LogP contribution in [-0.2, 0) is 17.8 Å². The minimum atomic E-state index is -0.762. The summed E-state index contributed by atoms with van der Waals surface area (Å²) in [6.45, 7) is 1.71. The second kappa shape index (κ2) is 9.01. The van der Waals surface area contributed by atoms with Crippen LogP contribution in [0.15, 0.2) is 36.5 Å². The molecular weight excluding hydrogens is 428 g/mol. The zero-order valence-corrected chi connectivity index (χ0v) is 18.4. The van der Waals surface area contributed by atoms with Crippen molar-refractivity contribution in [2.45, 2.75) is 32.2 Å². The minimum absolute atomic E-state index is 0.106. The predicted octanol–water partition coefficient (Wildman–Crippen LogP) is 3.85. The maximum Gasteiger partial charge on any atom is 0.294 e. The van der Waals surface area contributed by atoms with Crippen LogP contribution in [0.2, 0.25) is 0 Å². The molecule has 5 rings (SSSR count). The molecule has 33 heavy (non-hydrogen) atoms. The number of hydrogen-bond acceptors (Lipinski definition) is 7. The van der Waals surface area contributed by atoms with Crippen molar-refractivity contribution >= 4 is 10.8 Å². The SMILES string of the molecule is COc1ccc2cc3[n+](cc2c1OCCCCCO[N+](=O)[O-])CCc1cc2c(cc1-3)OCO2. The molecule has 0 spiro atoms. The lowest BCUT2D eigenvalue weighted by Gasteiger charge is -2.18. The molecule has 172 valence electrons. The third-order valence-electron chi connectivity index (χ3n) is 6.03. The van der Waals surface area contributed by atoms with E-state index in [9.17, 15) is 10.1 Å². The average Bonchev–Trinajstić information content (AvgIpc) is 3.28. The van der Waals surface area contributed by atoms with E-state index in [1.807, 2.05) is 12.1 Å². The highest BCUT2D eigenvalue weighted by atomic mass is 16.9. The van der Waals surface area contributed by atoms with Gasteiger partial charge in [-0.2, -0.15) is 4.57 Å². The van der Waals surface area contributed by atoms with E-state index in [4.69, 9.17) is 18.9 Å². The molecule has 0 atom stereocenters. The fourth-order valence-electron chi connectivity index (χ4n) is 4.40. The zero-order valence-electron chi connectivity index (χ0n) is 18.4. The first-order valence-electron chi connectivity index (χ1n) is 11.0. The fourth-order valence-corrected chi connectivity index (χ4v) is 4.40. The molecule has 0 fully saturated rings. The Balaban J connectivity index is 1.40. The van der Waals surface area contributed by atoms with Gasteiger partial charge < -0.3 is 23.8 Å². The molecule has 0 saturated carbocycles. The van der Waals surface area contributed by atoms with Crippen molar-refractivity contribution in [2.75, 3.05) is 27.1 Å². The van der Waals surface area contributed by atoms with E-state index in [0.717, 1.165) is 59.3 Å². The fraction of sp³-hybridized carbons (Fsp3) is 0.375. The lowest BCUT2D eigenvalue weighted by Crippen LogP contribution is -2.40. The van der Waals surface area contributed by atoms with Crippen molar-refractivity contribution in [2.24, 2.45) is 0 Å². The van der Waals surface area contributed by atoms with Gasteiger partial charge in [0.1, 0.15) is 0 Å². The average molecular weight is 453 g/mol. The third kappa shape index (κ3) is 4.18. The number of methoxy groups -OCH3 is 1. The van der Waals surface area contributed by atoms with Crippen LogP contribution in [-0.4, -0.2) is 32.2 Å². The second-order valence-corrected chi connectivity index (χ2v) is 8.03. The molecule has 9 nitrogen and oxygen atoms in total. The monoisotopic (exact) mass is 453 g/mol. The number of hydrogen-bond donors (Lipinski definition) is 0. The molecule has 1 aromatic heterocycles. The first kappa shape index (κ1) is 21.1. The topological polar surface area (TPSA) is 93.2 Å². The van der Waals surface area contributed by atoms with Gasteiger partial charge in [0.25, 0.3) is 5.09 Å². The molecule has 2 aliphatic heterocycles. The molecule has 0 amide bonds. The number of fused-ring (bicyclic) bond motifs is 5. The Hall–Kier alpha value is -3.75. The van der Waals surface area contributed by atoms with Crippen LogP contribution in [0, 0.1) is 10.1 Å². The van der Waals surface area contributed by atoms with E-state index in [1.165, 1.54) is 5.56 Å². The van der Waals surface area contributed by atoms with Gasteiger partial charge in [-0.3, -0.25) is 0 Å². The Bertz CT molecular complexity index is 1210. The van der Waals surface area contributed by atoms with Crippen molar-refractivity contribution in [3.05, 3.63) is 52.2 Å². The van der Waals surface area contributed by atoms with Crippen LogP contribution < -0.4 is 23.5 Å². The summed E-state index contributed by atoms with van der Waals surface area (Å²) in [6, 6.07) is 10.3. The van der Waals surface area contributed by atoms with Gasteiger partial charge in [-0.15, -0.1) is 10.1 Å². The number of ether oxygens (including phenoxy) is 4. The predicted molar refractivity (Wildman–Crippen MR) is 118 cm³/mol. The van der Waals surface area contributed by atoms with Crippen molar-refractivity contribution in [3.63, 3.8) is 0 Å². The molecule has 2 aromatic carbocycles. The summed E-state index contributed by atoms with van der Waals surface area (Å²) in [4.78, 5) is 14.6. The summed E-state index contributed by atoms with van der Waals surface area (Å²) in [5, 5.41) is 11.5. The van der Waals surface area contributed by atoms with Crippen molar-refractivity contribution in [1.82, 2.24) is 0 Å². The summed E-state index contributed by atoms with van der Waals surface area (Å²) < 4.78 is 25.1. The van der Waals surface area contributed by atoms with Gasteiger partial charge in [0.2, 0.25) is 12.5 Å². The number of rotatable bonds is 9. The van der Waals surface area contributed by atoms with Gasteiger partial charge in [-0.25, -0.2) is 0 Å². The lowest BCUT2D eigenvalue weighted by atomic mass is 9.95. The van der Waals surface area contributed by atoms with Crippen molar-refractivity contribution < 1.29 is 33.4 Å². The highest BCUT2D eigenvalue weighted by molar-refractivity contribution is 5.91. The maximum absolute atomic E-state index is 10.2. The molecule has 9 heteroatoms. The molecule has 3 aromatic rings. The van der Waals surface area contributed by atoms with E-state index >= 15 is 0 Å². The zero-order chi connectivity index (χ0) is 22.8. The Labute approximate surface area is 190 Å². The second-order valence-electron chi connectivity index (χ2n) is 8.03. The standard InChI is InChI=1S/C24H25N2O7/c1-29-21-6-5-16-11-20-18-13-23-22(31-15-32-23)12-17(18)7-8-25(20)14-19(16)24(21)30-9-3-2-4-10-33-26(27)28/h5-6,11-14H,2-4,7-10,15H2,1H3/q+1. The summed E-state index contributed by atoms with van der Waals surface area (Å²) in [5.74, 6) is 2.99. The molecule has 0 bridgehead atoms. The molecule has 0 saturated heterocycles. The normalized spacial score (nSPS) is 13.4. The van der Waals surface area contributed by atoms with Crippen LogP contribution in [0.4, 0.5) is 0 Å². The van der Waals surface area contributed by atoms with E-state index in [-0.39, 0.29) is 13.4 Å². The van der Waals surface area contributed by atoms with Crippen LogP contribution in [0.25, 0.3) is 22.0 Å². The molecule has 0 aliphatic carbocycles. The van der Waals surface area contributed by atoms with Crippen molar-refractivity contribution in [1.29, 1.82) is 0 Å². The van der Waals surface area contributed by atoms with Gasteiger partial charge in [0.05, 0.1) is 31.3 Å². The Morgan fingerprint density at radius 2 is 1.91 bits per heavy atom. The van der Waals surface area contributed by atoms with Gasteiger partial charge in [-0.1, -0.05) is 0 Å². The summed E-state index contributed by atoms with van der Waals surface area (Å²) in [5.41, 5.74) is 3.54. The lowest BCUT2D eigenvalue weighted by molar-refractivity contribution is -0.757. The largest absolute Gasteiger partial charge is 0.493 e. The number of aromatic nitrogens is 1. The van der Waals surface area contributed by atoms with Gasteiger partial charge >= 0.3 is 0 Å². The molecule has 2 aliphatic rings. The number of nitrogens with zero attached hydrogens (tertiary/aromatic N) is 2. The first-order chi connectivity index (χ1) is 16.1. The highest BCUT2D eigenvalue weighted by Gasteiger charge is 2.28. The van der Waals surface area contributed by atoms with E-state index in [0.29, 0.717) is 24.5 Å². The number of benzene rings is 2. The van der Waals surface area contributed by atoms with Crippen LogP contribution in [0.1, 0.15) is 24.8 Å². The molecule has 0 N–H and O–H groups in total. The highest BCUT2D eigenvalue weighted by Crippen LogP contribution is 2.41. The quantitative estimate of drug-likeness (QED) is 0.210. The summed E-state index contributed by atoms with van der Waals surface area (Å²) in [6.07, 6.45) is 5.18. The molecular formula is C24H25N2O7+. The minimum Gasteiger partial charge on any atom is -0.493 e. The number of pyridine rings is 1. The first-order valence-corrected chi connectivity index (χ1v) is 11.0. The smallest absolute Gasteiger partial charge is 0.294 e. The third-order valence-corrected chi connectivity index (χ3v) is 6.03. The number of aryl methyl sites for hydroxylation is 2. The van der Waals surface area contributed by atoms with E-state index in [2.05, 4.69) is 33.8 Å². The molecule has 3 heterocycles. The molecule has 0 unspecified atom stereocenters. The Morgan fingerprint density at radius 1 is 1.09 bits per heavy atom. The van der Waals surface area contributed by atoms with E-state index in [1.54, 1.807) is 7.11 Å². The van der Waals surface area contributed by atoms with E-state index < -0.39 is 5.09 Å². The van der Waals surface area contributed by atoms with Crippen LogP contribution in [0.5, 0.6) is 23.0 Å². The summed E-state index contributed by atoms with van der Waals surface area (Å²) in [7, 11) is 1.63. The Morgan fingerprint density at radius 3 is 2.73 bits per heavy atom. The maximum atomic E-state index is 10.2. The van der Waals surface area contributed by atoms with Gasteiger partial charge in [0, 0.05) is 12.5 Å². The Kier molecular flexibility index (Phi) is 5.77.